The number of rotatable bonds is 4. The monoisotopic (exact) mass is 250 g/mol. The molecule has 5 nitrogen and oxygen atoms in total. The first kappa shape index (κ1) is 14.0. The summed E-state index contributed by atoms with van der Waals surface area (Å²) < 4.78 is 0. The molecule has 0 saturated heterocycles. The Kier molecular flexibility index (Phi) is 4.31. The van der Waals surface area contributed by atoms with Crippen LogP contribution in [0.2, 0.25) is 0 Å². The number of carbonyl (C=O) groups excluding carboxylic acids is 1. The SMILES string of the molecule is Cc1ccc(NC(=O)NCC(C)(C)C(=O)O)cc1. The number of aryl methyl sites for hydroxylation is 1. The van der Waals surface area contributed by atoms with E-state index < -0.39 is 17.4 Å². The fourth-order valence-electron chi connectivity index (χ4n) is 1.19. The van der Waals surface area contributed by atoms with Crippen LogP contribution in [0.15, 0.2) is 24.3 Å². The maximum atomic E-state index is 11.6. The largest absolute Gasteiger partial charge is 0.481 e. The van der Waals surface area contributed by atoms with Crippen LogP contribution in [0.5, 0.6) is 0 Å². The second-order valence-corrected chi connectivity index (χ2v) is 4.86. The predicted molar refractivity (Wildman–Crippen MR) is 69.6 cm³/mol. The smallest absolute Gasteiger partial charge is 0.319 e. The van der Waals surface area contributed by atoms with Crippen molar-refractivity contribution in [3.05, 3.63) is 29.8 Å². The first-order chi connectivity index (χ1) is 8.31. The lowest BCUT2D eigenvalue weighted by Crippen LogP contribution is -2.40. The third-order valence-corrected chi connectivity index (χ3v) is 2.58. The van der Waals surface area contributed by atoms with Gasteiger partial charge in [-0.1, -0.05) is 17.7 Å². The van der Waals surface area contributed by atoms with Crippen molar-refractivity contribution in [2.24, 2.45) is 5.41 Å². The number of carboxylic acid groups (broad SMARTS) is 1. The van der Waals surface area contributed by atoms with Gasteiger partial charge in [0.25, 0.3) is 0 Å². The van der Waals surface area contributed by atoms with Crippen molar-refractivity contribution in [3.8, 4) is 0 Å². The highest BCUT2D eigenvalue weighted by Gasteiger charge is 2.27. The maximum Gasteiger partial charge on any atom is 0.319 e. The number of benzene rings is 1. The molecule has 0 aliphatic rings. The van der Waals surface area contributed by atoms with Crippen molar-refractivity contribution in [3.63, 3.8) is 0 Å². The quantitative estimate of drug-likeness (QED) is 0.766. The van der Waals surface area contributed by atoms with Gasteiger partial charge in [0.1, 0.15) is 0 Å². The molecule has 1 aromatic rings. The number of hydrogen-bond acceptors (Lipinski definition) is 2. The molecule has 0 bridgehead atoms. The van der Waals surface area contributed by atoms with Crippen LogP contribution in [0.3, 0.4) is 0 Å². The summed E-state index contributed by atoms with van der Waals surface area (Å²) in [5.41, 5.74) is 0.796. The zero-order valence-electron chi connectivity index (χ0n) is 10.8. The van der Waals surface area contributed by atoms with Crippen LogP contribution in [-0.4, -0.2) is 23.7 Å². The van der Waals surface area contributed by atoms with Crippen LogP contribution < -0.4 is 10.6 Å². The number of amides is 2. The Hall–Kier alpha value is -2.04. The zero-order valence-corrected chi connectivity index (χ0v) is 10.8. The standard InChI is InChI=1S/C13H18N2O3/c1-9-4-6-10(7-5-9)15-12(18)14-8-13(2,3)11(16)17/h4-7H,8H2,1-3H3,(H,16,17)(H2,14,15,18). The third-order valence-electron chi connectivity index (χ3n) is 2.58. The van der Waals surface area contributed by atoms with E-state index in [0.717, 1.165) is 5.56 Å². The summed E-state index contributed by atoms with van der Waals surface area (Å²) in [7, 11) is 0. The van der Waals surface area contributed by atoms with Crippen molar-refractivity contribution in [1.29, 1.82) is 0 Å². The Morgan fingerprint density at radius 2 is 1.78 bits per heavy atom. The second kappa shape index (κ2) is 5.53. The Labute approximate surface area is 106 Å². The summed E-state index contributed by atoms with van der Waals surface area (Å²) in [6, 6.07) is 6.94. The molecule has 0 aromatic heterocycles. The number of carboxylic acids is 1. The summed E-state index contributed by atoms with van der Waals surface area (Å²) in [5.74, 6) is -0.946. The highest BCUT2D eigenvalue weighted by Crippen LogP contribution is 2.13. The number of carbonyl (C=O) groups is 2. The summed E-state index contributed by atoms with van der Waals surface area (Å²) >= 11 is 0. The summed E-state index contributed by atoms with van der Waals surface area (Å²) in [6.45, 7) is 5.14. The predicted octanol–water partition coefficient (Wildman–Crippen LogP) is 2.23. The topological polar surface area (TPSA) is 78.4 Å². The fourth-order valence-corrected chi connectivity index (χ4v) is 1.19. The molecule has 0 atom stereocenters. The van der Waals surface area contributed by atoms with Crippen molar-refractivity contribution in [2.45, 2.75) is 20.8 Å². The minimum Gasteiger partial charge on any atom is -0.481 e. The zero-order chi connectivity index (χ0) is 13.8. The highest BCUT2D eigenvalue weighted by molar-refractivity contribution is 5.89. The first-order valence-electron chi connectivity index (χ1n) is 5.66. The number of anilines is 1. The summed E-state index contributed by atoms with van der Waals surface area (Å²) in [4.78, 5) is 22.4. The minimum absolute atomic E-state index is 0.0695. The van der Waals surface area contributed by atoms with E-state index in [1.54, 1.807) is 26.0 Å². The van der Waals surface area contributed by atoms with Crippen LogP contribution in [0, 0.1) is 12.3 Å². The van der Waals surface area contributed by atoms with E-state index in [0.29, 0.717) is 5.69 Å². The van der Waals surface area contributed by atoms with E-state index >= 15 is 0 Å². The fraction of sp³-hybridized carbons (Fsp3) is 0.385. The van der Waals surface area contributed by atoms with Crippen molar-refractivity contribution in [2.75, 3.05) is 11.9 Å². The molecule has 18 heavy (non-hydrogen) atoms. The van der Waals surface area contributed by atoms with Gasteiger partial charge in [0.15, 0.2) is 0 Å². The van der Waals surface area contributed by atoms with Gasteiger partial charge < -0.3 is 15.7 Å². The van der Waals surface area contributed by atoms with Gasteiger partial charge >= 0.3 is 12.0 Å². The van der Waals surface area contributed by atoms with Crippen LogP contribution in [0.4, 0.5) is 10.5 Å². The van der Waals surface area contributed by atoms with Crippen molar-refractivity contribution < 1.29 is 14.7 Å². The molecule has 98 valence electrons. The normalized spacial score (nSPS) is 10.8. The lowest BCUT2D eigenvalue weighted by atomic mass is 9.94. The molecule has 0 fully saturated rings. The molecule has 0 heterocycles. The van der Waals surface area contributed by atoms with Gasteiger partial charge in [0.05, 0.1) is 5.41 Å². The molecule has 2 amide bonds. The van der Waals surface area contributed by atoms with Gasteiger partial charge in [-0.05, 0) is 32.9 Å². The van der Waals surface area contributed by atoms with Gasteiger partial charge in [0.2, 0.25) is 0 Å². The molecule has 1 rings (SSSR count). The lowest BCUT2D eigenvalue weighted by Gasteiger charge is -2.19. The van der Waals surface area contributed by atoms with Crippen LogP contribution >= 0.6 is 0 Å². The number of aliphatic carboxylic acids is 1. The van der Waals surface area contributed by atoms with Gasteiger partial charge in [-0.25, -0.2) is 4.79 Å². The molecular formula is C13H18N2O3. The van der Waals surface area contributed by atoms with E-state index in [-0.39, 0.29) is 6.54 Å². The average molecular weight is 250 g/mol. The van der Waals surface area contributed by atoms with Gasteiger partial charge in [-0.2, -0.15) is 0 Å². The van der Waals surface area contributed by atoms with E-state index in [1.165, 1.54) is 0 Å². The molecular weight excluding hydrogens is 232 g/mol. The Balaban J connectivity index is 2.48. The average Bonchev–Trinajstić information content (AvgIpc) is 2.29. The molecule has 0 spiro atoms. The van der Waals surface area contributed by atoms with Crippen LogP contribution in [0.25, 0.3) is 0 Å². The second-order valence-electron chi connectivity index (χ2n) is 4.86. The summed E-state index contributed by atoms with van der Waals surface area (Å²) in [6.07, 6.45) is 0. The Morgan fingerprint density at radius 1 is 1.22 bits per heavy atom. The third kappa shape index (κ3) is 4.08. The molecule has 0 unspecified atom stereocenters. The molecule has 5 heteroatoms. The molecule has 1 aromatic carbocycles. The number of hydrogen-bond donors (Lipinski definition) is 3. The van der Waals surface area contributed by atoms with E-state index in [2.05, 4.69) is 10.6 Å². The molecule has 0 aliphatic carbocycles. The Bertz CT molecular complexity index is 438. The highest BCUT2D eigenvalue weighted by atomic mass is 16.4. The van der Waals surface area contributed by atoms with E-state index in [9.17, 15) is 9.59 Å². The van der Waals surface area contributed by atoms with Crippen molar-refractivity contribution >= 4 is 17.7 Å². The van der Waals surface area contributed by atoms with Crippen LogP contribution in [-0.2, 0) is 4.79 Å². The number of urea groups is 1. The molecule has 0 saturated carbocycles. The molecule has 0 radical (unpaired) electrons. The van der Waals surface area contributed by atoms with E-state index in [4.69, 9.17) is 5.11 Å². The Morgan fingerprint density at radius 3 is 2.28 bits per heavy atom. The molecule has 3 N–H and O–H groups in total. The van der Waals surface area contributed by atoms with Crippen LogP contribution in [0.1, 0.15) is 19.4 Å². The summed E-state index contributed by atoms with van der Waals surface area (Å²) in [5, 5.41) is 14.1. The molecule has 0 aliphatic heterocycles. The van der Waals surface area contributed by atoms with E-state index in [1.807, 2.05) is 19.1 Å². The number of nitrogens with one attached hydrogen (secondary N) is 2. The van der Waals surface area contributed by atoms with Gasteiger partial charge in [-0.3, -0.25) is 4.79 Å². The first-order valence-corrected chi connectivity index (χ1v) is 5.66. The van der Waals surface area contributed by atoms with Crippen molar-refractivity contribution in [1.82, 2.24) is 5.32 Å². The van der Waals surface area contributed by atoms with Gasteiger partial charge in [0, 0.05) is 12.2 Å². The maximum absolute atomic E-state index is 11.6. The minimum atomic E-state index is -0.982. The van der Waals surface area contributed by atoms with Gasteiger partial charge in [-0.15, -0.1) is 0 Å². The lowest BCUT2D eigenvalue weighted by molar-refractivity contribution is -0.146.